The van der Waals surface area contributed by atoms with E-state index >= 15 is 0 Å². The number of nitrogens with zero attached hydrogens (tertiary/aromatic N) is 3. The number of thiazole rings is 1. The van der Waals surface area contributed by atoms with Crippen LogP contribution < -0.4 is 5.32 Å². The Hall–Kier alpha value is -2.48. The topological polar surface area (TPSA) is 49.6 Å². The average Bonchev–Trinajstić information content (AvgIpc) is 3.04. The SMILES string of the molecule is Cc1cc(NCCC(C)C)c(C)cc1N=Nc1nc2c(C(F)(F)F)cccc2s1. The summed E-state index contributed by atoms with van der Waals surface area (Å²) in [6.07, 6.45) is -3.37. The number of nitrogens with one attached hydrogen (secondary N) is 1. The summed E-state index contributed by atoms with van der Waals surface area (Å²) in [4.78, 5) is 4.05. The van der Waals surface area contributed by atoms with Gasteiger partial charge in [-0.15, -0.1) is 10.2 Å². The Bertz CT molecular complexity index is 1040. The summed E-state index contributed by atoms with van der Waals surface area (Å²) < 4.78 is 39.9. The normalized spacial score (nSPS) is 12.4. The van der Waals surface area contributed by atoms with Crippen molar-refractivity contribution in [1.82, 2.24) is 4.98 Å². The number of aryl methyl sites for hydroxylation is 2. The van der Waals surface area contributed by atoms with Crippen LogP contribution in [-0.4, -0.2) is 11.5 Å². The number of para-hydroxylation sites is 1. The smallest absolute Gasteiger partial charge is 0.385 e. The number of azo groups is 1. The molecule has 29 heavy (non-hydrogen) atoms. The number of anilines is 1. The van der Waals surface area contributed by atoms with E-state index in [0.29, 0.717) is 16.3 Å². The van der Waals surface area contributed by atoms with Gasteiger partial charge in [0.05, 0.1) is 21.5 Å². The van der Waals surface area contributed by atoms with E-state index in [1.165, 1.54) is 6.07 Å². The summed E-state index contributed by atoms with van der Waals surface area (Å²) in [7, 11) is 0. The van der Waals surface area contributed by atoms with Crippen molar-refractivity contribution in [2.24, 2.45) is 16.1 Å². The molecule has 0 aliphatic heterocycles. The highest BCUT2D eigenvalue weighted by Gasteiger charge is 2.33. The molecule has 0 amide bonds. The molecule has 3 aromatic rings. The van der Waals surface area contributed by atoms with Crippen LogP contribution in [0.5, 0.6) is 0 Å². The number of alkyl halides is 3. The second-order valence-corrected chi connectivity index (χ2v) is 8.42. The number of hydrogen-bond donors (Lipinski definition) is 1. The zero-order chi connectivity index (χ0) is 21.2. The van der Waals surface area contributed by atoms with Gasteiger partial charge in [0.15, 0.2) is 0 Å². The monoisotopic (exact) mass is 420 g/mol. The first-order valence-corrected chi connectivity index (χ1v) is 10.2. The van der Waals surface area contributed by atoms with Crippen molar-refractivity contribution in [1.29, 1.82) is 0 Å². The van der Waals surface area contributed by atoms with Crippen molar-refractivity contribution in [2.45, 2.75) is 40.3 Å². The Balaban J connectivity index is 1.84. The van der Waals surface area contributed by atoms with Gasteiger partial charge in [-0.05, 0) is 61.6 Å². The van der Waals surface area contributed by atoms with Crippen molar-refractivity contribution < 1.29 is 13.2 Å². The van der Waals surface area contributed by atoms with Gasteiger partial charge in [0.25, 0.3) is 0 Å². The molecule has 0 spiro atoms. The fourth-order valence-electron chi connectivity index (χ4n) is 2.90. The average molecular weight is 421 g/mol. The van der Waals surface area contributed by atoms with E-state index in [4.69, 9.17) is 0 Å². The predicted molar refractivity (Wildman–Crippen MR) is 113 cm³/mol. The molecule has 154 valence electrons. The highest BCUT2D eigenvalue weighted by atomic mass is 32.1. The highest BCUT2D eigenvalue weighted by molar-refractivity contribution is 7.21. The predicted octanol–water partition coefficient (Wildman–Crippen LogP) is 7.81. The van der Waals surface area contributed by atoms with Crippen molar-refractivity contribution in [3.05, 3.63) is 47.0 Å². The highest BCUT2D eigenvalue weighted by Crippen LogP contribution is 2.38. The quantitative estimate of drug-likeness (QED) is 0.414. The minimum atomic E-state index is -4.45. The van der Waals surface area contributed by atoms with Gasteiger partial charge in [-0.2, -0.15) is 13.2 Å². The van der Waals surface area contributed by atoms with Gasteiger partial charge in [-0.3, -0.25) is 0 Å². The maximum absolute atomic E-state index is 13.2. The molecule has 2 aromatic carbocycles. The second-order valence-electron chi connectivity index (χ2n) is 7.41. The van der Waals surface area contributed by atoms with Crippen LogP contribution in [0.15, 0.2) is 40.6 Å². The Morgan fingerprint density at radius 3 is 2.55 bits per heavy atom. The van der Waals surface area contributed by atoms with Gasteiger partial charge in [-0.1, -0.05) is 31.3 Å². The molecule has 0 bridgehead atoms. The Labute approximate surface area is 171 Å². The van der Waals surface area contributed by atoms with Crippen LogP contribution in [-0.2, 0) is 6.18 Å². The van der Waals surface area contributed by atoms with Crippen LogP contribution in [0.3, 0.4) is 0 Å². The van der Waals surface area contributed by atoms with E-state index in [0.717, 1.165) is 47.2 Å². The van der Waals surface area contributed by atoms with Crippen LogP contribution in [0.4, 0.5) is 29.7 Å². The van der Waals surface area contributed by atoms with E-state index < -0.39 is 11.7 Å². The molecule has 8 heteroatoms. The van der Waals surface area contributed by atoms with Crippen LogP contribution >= 0.6 is 11.3 Å². The zero-order valence-electron chi connectivity index (χ0n) is 16.8. The van der Waals surface area contributed by atoms with Gasteiger partial charge in [0, 0.05) is 12.2 Å². The van der Waals surface area contributed by atoms with Crippen LogP contribution in [0.1, 0.15) is 37.0 Å². The van der Waals surface area contributed by atoms with E-state index in [1.807, 2.05) is 26.0 Å². The van der Waals surface area contributed by atoms with Gasteiger partial charge in [0.2, 0.25) is 5.13 Å². The number of aromatic nitrogens is 1. The lowest BCUT2D eigenvalue weighted by molar-refractivity contribution is -0.136. The fourth-order valence-corrected chi connectivity index (χ4v) is 3.71. The first kappa shape index (κ1) is 21.2. The number of halogens is 3. The van der Waals surface area contributed by atoms with Crippen molar-refractivity contribution in [3.63, 3.8) is 0 Å². The van der Waals surface area contributed by atoms with Gasteiger partial charge in [-0.25, -0.2) is 4.98 Å². The lowest BCUT2D eigenvalue weighted by Gasteiger charge is -2.13. The molecule has 0 atom stereocenters. The minimum absolute atomic E-state index is 0.0865. The largest absolute Gasteiger partial charge is 0.418 e. The third-order valence-electron chi connectivity index (χ3n) is 4.54. The molecule has 0 unspecified atom stereocenters. The number of fused-ring (bicyclic) bond motifs is 1. The molecule has 4 nitrogen and oxygen atoms in total. The first-order chi connectivity index (χ1) is 13.6. The van der Waals surface area contributed by atoms with Crippen LogP contribution in [0.25, 0.3) is 10.2 Å². The van der Waals surface area contributed by atoms with Crippen molar-refractivity contribution in [3.8, 4) is 0 Å². The molecular weight excluding hydrogens is 397 g/mol. The van der Waals surface area contributed by atoms with E-state index in [2.05, 4.69) is 34.4 Å². The van der Waals surface area contributed by atoms with E-state index in [1.54, 1.807) is 6.07 Å². The molecule has 1 N–H and O–H groups in total. The lowest BCUT2D eigenvalue weighted by atomic mass is 10.1. The Morgan fingerprint density at radius 1 is 1.10 bits per heavy atom. The first-order valence-electron chi connectivity index (χ1n) is 9.38. The molecule has 0 aliphatic carbocycles. The van der Waals surface area contributed by atoms with Crippen molar-refractivity contribution >= 4 is 38.1 Å². The van der Waals surface area contributed by atoms with E-state index in [9.17, 15) is 13.2 Å². The third kappa shape index (κ3) is 5.12. The summed E-state index contributed by atoms with van der Waals surface area (Å²) in [6.45, 7) is 9.18. The molecule has 0 saturated carbocycles. The Morgan fingerprint density at radius 2 is 1.86 bits per heavy atom. The third-order valence-corrected chi connectivity index (χ3v) is 5.44. The molecule has 0 radical (unpaired) electrons. The fraction of sp³-hybridized carbons (Fsp3) is 0.381. The standard InChI is InChI=1S/C21H23F3N4S/c1-12(2)8-9-25-16-10-14(4)17(11-13(16)3)27-28-20-26-19-15(21(22,23)24)6-5-7-18(19)29-20/h5-7,10-12,25H,8-9H2,1-4H3. The number of benzene rings is 2. The zero-order valence-corrected chi connectivity index (χ0v) is 17.6. The Kier molecular flexibility index (Phi) is 6.21. The van der Waals surface area contributed by atoms with E-state index in [-0.39, 0.29) is 10.6 Å². The van der Waals surface area contributed by atoms with Crippen LogP contribution in [0, 0.1) is 19.8 Å². The maximum atomic E-state index is 13.2. The van der Waals surface area contributed by atoms with Crippen molar-refractivity contribution in [2.75, 3.05) is 11.9 Å². The van der Waals surface area contributed by atoms with Crippen LogP contribution in [0.2, 0.25) is 0 Å². The number of hydrogen-bond acceptors (Lipinski definition) is 5. The molecule has 1 aromatic heterocycles. The molecule has 0 aliphatic rings. The molecule has 3 rings (SSSR count). The maximum Gasteiger partial charge on any atom is 0.418 e. The molecule has 0 fully saturated rings. The summed E-state index contributed by atoms with van der Waals surface area (Å²) in [5.41, 5.74) is 2.86. The molecular formula is C21H23F3N4S. The molecule has 0 saturated heterocycles. The summed E-state index contributed by atoms with van der Waals surface area (Å²) in [5.74, 6) is 0.628. The molecule has 1 heterocycles. The minimum Gasteiger partial charge on any atom is -0.385 e. The number of rotatable bonds is 6. The second kappa shape index (κ2) is 8.49. The summed E-state index contributed by atoms with van der Waals surface area (Å²) >= 11 is 1.09. The van der Waals surface area contributed by atoms with Gasteiger partial charge >= 0.3 is 6.18 Å². The lowest BCUT2D eigenvalue weighted by Crippen LogP contribution is -2.06. The summed E-state index contributed by atoms with van der Waals surface area (Å²) in [5, 5.41) is 12.0. The summed E-state index contributed by atoms with van der Waals surface area (Å²) in [6, 6.07) is 7.95. The van der Waals surface area contributed by atoms with Gasteiger partial charge in [0.1, 0.15) is 0 Å². The van der Waals surface area contributed by atoms with Gasteiger partial charge < -0.3 is 5.32 Å².